The van der Waals surface area contributed by atoms with Crippen LogP contribution in [0.5, 0.6) is 0 Å². The van der Waals surface area contributed by atoms with Crippen molar-refractivity contribution >= 4 is 45.8 Å². The number of benzene rings is 1. The fraction of sp³-hybridized carbons (Fsp3) is 0.167. The molecule has 2 rings (SSSR count). The van der Waals surface area contributed by atoms with Crippen LogP contribution in [0, 0.1) is 6.92 Å². The lowest BCUT2D eigenvalue weighted by Crippen LogP contribution is -2.13. The standard InChI is InChI=1S/C18H16ClNO5S/c1-3-25-18(24)16-15(11-4-6-12(19)7-5-11)10(2)26-17(16)20-13(21)8-9-14(22)23/h4-9H,3H2,1-2H3,(H,20,21)(H,22,23)/b9-8+. The van der Waals surface area contributed by atoms with E-state index in [0.717, 1.165) is 22.6 Å². The van der Waals surface area contributed by atoms with E-state index in [1.165, 1.54) is 11.3 Å². The minimum Gasteiger partial charge on any atom is -0.478 e. The monoisotopic (exact) mass is 393 g/mol. The Morgan fingerprint density at radius 1 is 1.23 bits per heavy atom. The van der Waals surface area contributed by atoms with E-state index >= 15 is 0 Å². The Labute approximate surface area is 159 Å². The van der Waals surface area contributed by atoms with E-state index < -0.39 is 17.8 Å². The van der Waals surface area contributed by atoms with Gasteiger partial charge in [0.25, 0.3) is 0 Å². The van der Waals surface area contributed by atoms with E-state index in [-0.39, 0.29) is 12.2 Å². The van der Waals surface area contributed by atoms with Crippen LogP contribution >= 0.6 is 22.9 Å². The number of amides is 1. The molecule has 0 fully saturated rings. The molecular formula is C18H16ClNO5S. The van der Waals surface area contributed by atoms with Crippen LogP contribution in [0.4, 0.5) is 5.00 Å². The van der Waals surface area contributed by atoms with Gasteiger partial charge < -0.3 is 15.2 Å². The van der Waals surface area contributed by atoms with Crippen molar-refractivity contribution in [2.45, 2.75) is 13.8 Å². The Bertz CT molecular complexity index is 870. The summed E-state index contributed by atoms with van der Waals surface area (Å²) in [4.78, 5) is 35.7. The first-order valence-corrected chi connectivity index (χ1v) is 8.81. The van der Waals surface area contributed by atoms with Crippen LogP contribution in [0.15, 0.2) is 36.4 Å². The number of esters is 1. The van der Waals surface area contributed by atoms with Crippen molar-refractivity contribution in [3.8, 4) is 11.1 Å². The number of aliphatic carboxylic acids is 1. The minimum atomic E-state index is -1.24. The first-order chi connectivity index (χ1) is 12.3. The molecule has 1 heterocycles. The smallest absolute Gasteiger partial charge is 0.341 e. The molecule has 26 heavy (non-hydrogen) atoms. The predicted molar refractivity (Wildman–Crippen MR) is 101 cm³/mol. The predicted octanol–water partition coefficient (Wildman–Crippen LogP) is 4.13. The van der Waals surface area contributed by atoms with Crippen LogP contribution in [-0.4, -0.2) is 29.6 Å². The van der Waals surface area contributed by atoms with Crippen molar-refractivity contribution < 1.29 is 24.2 Å². The molecule has 0 aliphatic heterocycles. The van der Waals surface area contributed by atoms with Gasteiger partial charge in [-0.05, 0) is 31.5 Å². The Hall–Kier alpha value is -2.64. The lowest BCUT2D eigenvalue weighted by molar-refractivity contribution is -0.131. The lowest BCUT2D eigenvalue weighted by Gasteiger charge is -2.08. The van der Waals surface area contributed by atoms with Gasteiger partial charge in [-0.1, -0.05) is 23.7 Å². The van der Waals surface area contributed by atoms with Crippen LogP contribution in [0.2, 0.25) is 5.02 Å². The fourth-order valence-electron chi connectivity index (χ4n) is 2.30. The summed E-state index contributed by atoms with van der Waals surface area (Å²) in [6.07, 6.45) is 1.61. The molecule has 0 spiro atoms. The number of halogens is 1. The number of carbonyl (C=O) groups excluding carboxylic acids is 2. The number of rotatable bonds is 6. The van der Waals surface area contributed by atoms with Crippen LogP contribution in [0.3, 0.4) is 0 Å². The van der Waals surface area contributed by atoms with Gasteiger partial charge >= 0.3 is 11.9 Å². The van der Waals surface area contributed by atoms with Crippen molar-refractivity contribution in [3.63, 3.8) is 0 Å². The SMILES string of the molecule is CCOC(=O)c1c(NC(=O)/C=C/C(=O)O)sc(C)c1-c1ccc(Cl)cc1. The van der Waals surface area contributed by atoms with E-state index in [9.17, 15) is 14.4 Å². The summed E-state index contributed by atoms with van der Waals surface area (Å²) in [7, 11) is 0. The Balaban J connectivity index is 2.50. The van der Waals surface area contributed by atoms with Crippen molar-refractivity contribution in [1.82, 2.24) is 0 Å². The van der Waals surface area contributed by atoms with E-state index in [4.69, 9.17) is 21.4 Å². The number of anilines is 1. The Morgan fingerprint density at radius 2 is 1.88 bits per heavy atom. The zero-order valence-electron chi connectivity index (χ0n) is 14.0. The van der Waals surface area contributed by atoms with Gasteiger partial charge in [-0.3, -0.25) is 4.79 Å². The number of carboxylic acid groups (broad SMARTS) is 1. The minimum absolute atomic E-state index is 0.181. The summed E-state index contributed by atoms with van der Waals surface area (Å²) < 4.78 is 5.13. The molecule has 6 nitrogen and oxygen atoms in total. The number of ether oxygens (including phenoxy) is 1. The second kappa shape index (κ2) is 8.64. The van der Waals surface area contributed by atoms with Crippen LogP contribution in [0.1, 0.15) is 22.2 Å². The highest BCUT2D eigenvalue weighted by Gasteiger charge is 2.25. The number of carboxylic acids is 1. The van der Waals surface area contributed by atoms with Crippen molar-refractivity contribution in [2.24, 2.45) is 0 Å². The highest BCUT2D eigenvalue weighted by molar-refractivity contribution is 7.17. The van der Waals surface area contributed by atoms with Gasteiger partial charge in [0, 0.05) is 27.6 Å². The zero-order chi connectivity index (χ0) is 19.3. The third-order valence-electron chi connectivity index (χ3n) is 3.31. The summed E-state index contributed by atoms with van der Waals surface area (Å²) in [6, 6.07) is 6.96. The molecule has 0 radical (unpaired) electrons. The van der Waals surface area contributed by atoms with Gasteiger partial charge in [-0.25, -0.2) is 9.59 Å². The molecule has 0 saturated carbocycles. The molecule has 0 bridgehead atoms. The third kappa shape index (κ3) is 4.71. The highest BCUT2D eigenvalue weighted by atomic mass is 35.5. The maximum atomic E-state index is 12.5. The molecule has 0 atom stereocenters. The normalized spacial score (nSPS) is 10.7. The quantitative estimate of drug-likeness (QED) is 0.568. The summed E-state index contributed by atoms with van der Waals surface area (Å²) in [5.74, 6) is -2.46. The van der Waals surface area contributed by atoms with E-state index in [1.807, 2.05) is 6.92 Å². The van der Waals surface area contributed by atoms with E-state index in [1.54, 1.807) is 31.2 Å². The lowest BCUT2D eigenvalue weighted by atomic mass is 10.0. The molecule has 1 amide bonds. The molecule has 0 unspecified atom stereocenters. The molecule has 0 saturated heterocycles. The van der Waals surface area contributed by atoms with Gasteiger partial charge in [-0.2, -0.15) is 0 Å². The molecule has 1 aromatic carbocycles. The summed E-state index contributed by atoms with van der Waals surface area (Å²) in [6.45, 7) is 3.69. The molecule has 0 aliphatic carbocycles. The molecule has 2 aromatic rings. The van der Waals surface area contributed by atoms with Crippen molar-refractivity contribution in [3.05, 3.63) is 51.9 Å². The fourth-order valence-corrected chi connectivity index (χ4v) is 3.49. The topological polar surface area (TPSA) is 92.7 Å². The number of hydrogen-bond donors (Lipinski definition) is 2. The zero-order valence-corrected chi connectivity index (χ0v) is 15.6. The van der Waals surface area contributed by atoms with Crippen molar-refractivity contribution in [1.29, 1.82) is 0 Å². The van der Waals surface area contributed by atoms with Gasteiger partial charge in [0.15, 0.2) is 0 Å². The van der Waals surface area contributed by atoms with Gasteiger partial charge in [0.05, 0.1) is 6.61 Å². The van der Waals surface area contributed by atoms with Crippen LogP contribution in [-0.2, 0) is 14.3 Å². The first kappa shape index (κ1) is 19.7. The summed E-state index contributed by atoms with van der Waals surface area (Å²) in [5, 5.41) is 12.0. The number of nitrogens with one attached hydrogen (secondary N) is 1. The maximum absolute atomic E-state index is 12.5. The molecule has 0 aliphatic rings. The number of thiophene rings is 1. The first-order valence-electron chi connectivity index (χ1n) is 7.62. The van der Waals surface area contributed by atoms with E-state index in [0.29, 0.717) is 15.6 Å². The average Bonchev–Trinajstić information content (AvgIpc) is 2.90. The largest absolute Gasteiger partial charge is 0.478 e. The summed E-state index contributed by atoms with van der Waals surface area (Å²) >= 11 is 7.13. The van der Waals surface area contributed by atoms with E-state index in [2.05, 4.69) is 5.32 Å². The highest BCUT2D eigenvalue weighted by Crippen LogP contribution is 2.40. The second-order valence-electron chi connectivity index (χ2n) is 5.13. The van der Waals surface area contributed by atoms with Crippen molar-refractivity contribution in [2.75, 3.05) is 11.9 Å². The van der Waals surface area contributed by atoms with Gasteiger partial charge in [0.2, 0.25) is 5.91 Å². The Morgan fingerprint density at radius 3 is 2.46 bits per heavy atom. The second-order valence-corrected chi connectivity index (χ2v) is 6.79. The number of hydrogen-bond acceptors (Lipinski definition) is 5. The summed E-state index contributed by atoms with van der Waals surface area (Å²) in [5.41, 5.74) is 1.63. The van der Waals surface area contributed by atoms with Gasteiger partial charge in [-0.15, -0.1) is 11.3 Å². The third-order valence-corrected chi connectivity index (χ3v) is 4.58. The molecule has 1 aromatic heterocycles. The molecule has 136 valence electrons. The molecule has 2 N–H and O–H groups in total. The molecular weight excluding hydrogens is 378 g/mol. The Kier molecular flexibility index (Phi) is 6.54. The van der Waals surface area contributed by atoms with Gasteiger partial charge in [0.1, 0.15) is 10.6 Å². The van der Waals surface area contributed by atoms with Crippen LogP contribution in [0.25, 0.3) is 11.1 Å². The average molecular weight is 394 g/mol. The number of carbonyl (C=O) groups is 3. The maximum Gasteiger partial charge on any atom is 0.341 e. The number of aryl methyl sites for hydroxylation is 1. The van der Waals surface area contributed by atoms with Crippen LogP contribution < -0.4 is 5.32 Å². The molecule has 8 heteroatoms.